The smallest absolute Gasteiger partial charge is 0.185 e. The number of rotatable bonds is 16. The van der Waals surface area contributed by atoms with Gasteiger partial charge >= 0.3 is 0 Å². The lowest BCUT2D eigenvalue weighted by atomic mass is 9.93. The van der Waals surface area contributed by atoms with E-state index in [0.29, 0.717) is 16.9 Å². The van der Waals surface area contributed by atoms with E-state index < -0.39 is 11.4 Å². The van der Waals surface area contributed by atoms with Crippen LogP contribution < -0.4 is 27.1 Å². The van der Waals surface area contributed by atoms with Gasteiger partial charge in [-0.3, -0.25) is 20.1 Å². The Labute approximate surface area is 289 Å². The zero-order chi connectivity index (χ0) is 35.8. The number of nitrogens with zero attached hydrogens (tertiary/aromatic N) is 4. The second-order valence-corrected chi connectivity index (χ2v) is 11.6. The molecular weight excluding hydrogens is 623 g/mol. The van der Waals surface area contributed by atoms with Crippen LogP contribution in [-0.2, 0) is 5.60 Å². The summed E-state index contributed by atoms with van der Waals surface area (Å²) in [6.45, 7) is 11.1. The summed E-state index contributed by atoms with van der Waals surface area (Å²) >= 11 is 0. The molecule has 1 unspecified atom stereocenters. The summed E-state index contributed by atoms with van der Waals surface area (Å²) in [4.78, 5) is 17.6. The number of nitrogens with one attached hydrogen (secondary N) is 1. The number of carbonyl (C=O) groups is 1. The molecule has 0 bridgehead atoms. The average molecular weight is 675 g/mol. The molecule has 0 aliphatic carbocycles. The van der Waals surface area contributed by atoms with E-state index in [4.69, 9.17) is 27.6 Å². The second-order valence-electron chi connectivity index (χ2n) is 11.6. The number of piperazine rings is 1. The minimum Gasteiger partial charge on any atom is -0.487 e. The van der Waals surface area contributed by atoms with Gasteiger partial charge in [-0.05, 0) is 78.7 Å². The van der Waals surface area contributed by atoms with Crippen molar-refractivity contribution in [3.63, 3.8) is 0 Å². The standard InChI is InChI=1S/C35H45FN8O3.C2H6/c1-2-17-41-18-20-42(21-19-41)32-12-6-28(7-13-32)34(45)16-5-27-3-14-33(15-4-27)47-23-31(38)22-43(39)24-35(46,25-44(40)26-37)29-8-10-30(36)11-9-29;1-2/h3-16,22,26,37,46H,2,17-21,23-25,38-40H2,1H3;1-2H3/b16-5+,31-22-,37-26?;. The van der Waals surface area contributed by atoms with Crippen molar-refractivity contribution in [2.45, 2.75) is 32.8 Å². The number of halogens is 1. The van der Waals surface area contributed by atoms with Crippen LogP contribution >= 0.6 is 0 Å². The van der Waals surface area contributed by atoms with Crippen molar-refractivity contribution in [2.75, 3.05) is 57.3 Å². The van der Waals surface area contributed by atoms with Crippen LogP contribution in [0.25, 0.3) is 6.08 Å². The highest BCUT2D eigenvalue weighted by atomic mass is 19.1. The Balaban J connectivity index is 0.00000319. The number of nitrogens with two attached hydrogens (primary N) is 3. The first-order valence-electron chi connectivity index (χ1n) is 16.6. The van der Waals surface area contributed by atoms with Gasteiger partial charge in [-0.1, -0.05) is 51.1 Å². The third kappa shape index (κ3) is 12.0. The first-order valence-corrected chi connectivity index (χ1v) is 16.6. The molecule has 0 spiro atoms. The van der Waals surface area contributed by atoms with Crippen LogP contribution in [0.4, 0.5) is 10.1 Å². The van der Waals surface area contributed by atoms with Crippen LogP contribution in [-0.4, -0.2) is 84.6 Å². The minimum atomic E-state index is -1.63. The van der Waals surface area contributed by atoms with Crippen LogP contribution in [0, 0.1) is 11.2 Å². The summed E-state index contributed by atoms with van der Waals surface area (Å²) in [6.07, 6.45) is 6.77. The van der Waals surface area contributed by atoms with E-state index in [0.717, 1.165) is 55.3 Å². The number of anilines is 1. The molecule has 49 heavy (non-hydrogen) atoms. The lowest BCUT2D eigenvalue weighted by Crippen LogP contribution is -2.51. The molecule has 3 aromatic rings. The number of hydrazine groups is 2. The fraction of sp³-hybridized carbons (Fsp3) is 0.351. The van der Waals surface area contributed by atoms with Gasteiger partial charge in [-0.15, -0.1) is 0 Å². The zero-order valence-corrected chi connectivity index (χ0v) is 28.8. The Morgan fingerprint density at radius 1 is 0.959 bits per heavy atom. The van der Waals surface area contributed by atoms with Gasteiger partial charge in [0, 0.05) is 43.6 Å². The Kier molecular flexibility index (Phi) is 15.2. The van der Waals surface area contributed by atoms with Gasteiger partial charge < -0.3 is 25.5 Å². The first kappa shape index (κ1) is 38.7. The van der Waals surface area contributed by atoms with Gasteiger partial charge in [-0.25, -0.2) is 16.1 Å². The summed E-state index contributed by atoms with van der Waals surface area (Å²) in [7, 11) is 0. The maximum atomic E-state index is 13.5. The summed E-state index contributed by atoms with van der Waals surface area (Å²) in [6, 6.07) is 20.3. The Morgan fingerprint density at radius 3 is 2.16 bits per heavy atom. The van der Waals surface area contributed by atoms with Crippen molar-refractivity contribution in [1.29, 1.82) is 5.41 Å². The molecule has 11 nitrogen and oxygen atoms in total. The molecular formula is C37H51FN8O3. The van der Waals surface area contributed by atoms with Gasteiger partial charge in [0.1, 0.15) is 23.8 Å². The summed E-state index contributed by atoms with van der Waals surface area (Å²) in [5.74, 6) is 11.9. The van der Waals surface area contributed by atoms with Crippen LogP contribution in [0.1, 0.15) is 48.7 Å². The van der Waals surface area contributed by atoms with Gasteiger partial charge in [0.2, 0.25) is 0 Å². The third-order valence-corrected chi connectivity index (χ3v) is 7.91. The number of hydrogen-bond donors (Lipinski definition) is 5. The molecule has 0 radical (unpaired) electrons. The van der Waals surface area contributed by atoms with Crippen molar-refractivity contribution in [3.8, 4) is 5.75 Å². The maximum Gasteiger partial charge on any atom is 0.185 e. The number of ether oxygens (including phenoxy) is 1. The van der Waals surface area contributed by atoms with E-state index in [-0.39, 0.29) is 31.2 Å². The normalized spacial score (nSPS) is 14.8. The predicted molar refractivity (Wildman–Crippen MR) is 195 cm³/mol. The summed E-state index contributed by atoms with van der Waals surface area (Å²) < 4.78 is 19.2. The molecule has 12 heteroatoms. The molecule has 1 heterocycles. The van der Waals surface area contributed by atoms with Crippen molar-refractivity contribution >= 4 is 23.9 Å². The van der Waals surface area contributed by atoms with Crippen LogP contribution in [0.15, 0.2) is 90.8 Å². The third-order valence-electron chi connectivity index (χ3n) is 7.91. The highest BCUT2D eigenvalue weighted by molar-refractivity contribution is 6.07. The van der Waals surface area contributed by atoms with Gasteiger partial charge in [-0.2, -0.15) is 0 Å². The minimum absolute atomic E-state index is 0.0181. The molecule has 0 aromatic heterocycles. The van der Waals surface area contributed by atoms with E-state index >= 15 is 0 Å². The van der Waals surface area contributed by atoms with Crippen molar-refractivity contribution in [1.82, 2.24) is 14.9 Å². The second kappa shape index (κ2) is 19.3. The molecule has 1 aliphatic heterocycles. The molecule has 0 saturated carbocycles. The molecule has 1 saturated heterocycles. The SMILES string of the molecule is CC.CCCN1CCN(c2ccc(C(=O)/C=C/c3ccc(OC/C(N)=C/N(N)CC(O)(CN(N)C=N)c4ccc(F)cc4)cc3)cc2)CC1. The molecule has 1 fully saturated rings. The maximum absolute atomic E-state index is 13.5. The number of hydrogen-bond acceptors (Lipinski definition) is 10. The number of carbonyl (C=O) groups excluding carboxylic acids is 1. The summed E-state index contributed by atoms with van der Waals surface area (Å²) in [5, 5.41) is 20.8. The highest BCUT2D eigenvalue weighted by Gasteiger charge is 2.32. The van der Waals surface area contributed by atoms with Crippen LogP contribution in [0.2, 0.25) is 0 Å². The molecule has 1 atom stereocenters. The molecule has 4 rings (SSSR count). The van der Waals surface area contributed by atoms with E-state index in [2.05, 4.69) is 16.7 Å². The first-order chi connectivity index (χ1) is 23.6. The fourth-order valence-electron chi connectivity index (χ4n) is 5.43. The average Bonchev–Trinajstić information content (AvgIpc) is 3.11. The van der Waals surface area contributed by atoms with Crippen LogP contribution in [0.5, 0.6) is 5.75 Å². The summed E-state index contributed by atoms with van der Waals surface area (Å²) in [5.41, 5.74) is 7.75. The highest BCUT2D eigenvalue weighted by Crippen LogP contribution is 2.24. The van der Waals surface area contributed by atoms with Crippen molar-refractivity contribution in [2.24, 2.45) is 17.4 Å². The fourth-order valence-corrected chi connectivity index (χ4v) is 5.43. The monoisotopic (exact) mass is 674 g/mol. The lowest BCUT2D eigenvalue weighted by Gasteiger charge is -2.36. The zero-order valence-electron chi connectivity index (χ0n) is 28.8. The Hall–Kier alpha value is -4.75. The molecule has 3 aromatic carbocycles. The number of ketones is 1. The van der Waals surface area contributed by atoms with Gasteiger partial charge in [0.25, 0.3) is 0 Å². The largest absolute Gasteiger partial charge is 0.487 e. The number of allylic oxidation sites excluding steroid dienone is 1. The molecule has 264 valence electrons. The predicted octanol–water partition coefficient (Wildman–Crippen LogP) is 4.31. The lowest BCUT2D eigenvalue weighted by molar-refractivity contribution is -0.00687. The Bertz CT molecular complexity index is 1510. The van der Waals surface area contributed by atoms with Crippen molar-refractivity contribution < 1.29 is 19.0 Å². The van der Waals surface area contributed by atoms with Crippen molar-refractivity contribution in [3.05, 3.63) is 113 Å². The van der Waals surface area contributed by atoms with E-state index in [9.17, 15) is 14.3 Å². The Morgan fingerprint density at radius 2 is 1.57 bits per heavy atom. The number of aliphatic hydroxyl groups is 1. The van der Waals surface area contributed by atoms with Crippen LogP contribution in [0.3, 0.4) is 0 Å². The molecule has 1 aliphatic rings. The van der Waals surface area contributed by atoms with E-state index in [1.54, 1.807) is 24.3 Å². The molecule has 0 amide bonds. The van der Waals surface area contributed by atoms with Gasteiger partial charge in [0.15, 0.2) is 5.78 Å². The quantitative estimate of drug-likeness (QED) is 0.0370. The van der Waals surface area contributed by atoms with E-state index in [1.165, 1.54) is 41.9 Å². The van der Waals surface area contributed by atoms with E-state index in [1.807, 2.05) is 50.2 Å². The van der Waals surface area contributed by atoms with Gasteiger partial charge in [0.05, 0.1) is 25.1 Å². The topological polar surface area (TPSA) is 161 Å². The molecule has 8 N–H and O–H groups in total. The number of benzene rings is 3.